The Bertz CT molecular complexity index is 1290. The summed E-state index contributed by atoms with van der Waals surface area (Å²) in [6.07, 6.45) is -0.974. The number of anilines is 1. The number of hydrogen-bond donors (Lipinski definition) is 2. The Hall–Kier alpha value is -4.06. The minimum atomic E-state index is -0.974. The molecule has 30 heavy (non-hydrogen) atoms. The third-order valence-electron chi connectivity index (χ3n) is 5.21. The minimum Gasteiger partial charge on any atom is -0.508 e. The first kappa shape index (κ1) is 18.0. The topological polar surface area (TPSA) is 88.8 Å². The molecule has 0 radical (unpaired) electrons. The van der Waals surface area contributed by atoms with Crippen molar-refractivity contribution in [2.24, 2.45) is 0 Å². The lowest BCUT2D eigenvalue weighted by atomic mass is 9.88. The highest BCUT2D eigenvalue weighted by molar-refractivity contribution is 5.97. The summed E-state index contributed by atoms with van der Waals surface area (Å²) in [5.41, 5.74) is 1.45. The maximum atomic E-state index is 13.2. The second-order valence-electron chi connectivity index (χ2n) is 7.09. The molecule has 0 fully saturated rings. The molecule has 3 aromatic carbocycles. The summed E-state index contributed by atoms with van der Waals surface area (Å²) in [5.74, 6) is -0.606. The van der Waals surface area contributed by atoms with Crippen LogP contribution in [0.2, 0.25) is 0 Å². The van der Waals surface area contributed by atoms with E-state index in [0.29, 0.717) is 33.5 Å². The number of benzene rings is 3. The van der Waals surface area contributed by atoms with Crippen LogP contribution in [0.25, 0.3) is 11.0 Å². The number of hydrogen-bond acceptors (Lipinski definition) is 5. The maximum absolute atomic E-state index is 13.2. The molecular weight excluding hydrogens is 382 g/mol. The van der Waals surface area contributed by atoms with Crippen LogP contribution >= 0.6 is 0 Å². The number of nitrogens with one attached hydrogen (secondary N) is 1. The lowest BCUT2D eigenvalue weighted by Crippen LogP contribution is -2.35. The van der Waals surface area contributed by atoms with Crippen LogP contribution in [0.5, 0.6) is 11.5 Å². The van der Waals surface area contributed by atoms with E-state index in [9.17, 15) is 14.7 Å². The average molecular weight is 399 g/mol. The van der Waals surface area contributed by atoms with E-state index in [-0.39, 0.29) is 11.7 Å². The number of phenols is 1. The summed E-state index contributed by atoms with van der Waals surface area (Å²) in [5, 5.41) is 13.2. The number of carbonyl (C=O) groups excluding carboxylic acids is 1. The third kappa shape index (κ3) is 2.99. The highest BCUT2D eigenvalue weighted by Gasteiger charge is 2.44. The van der Waals surface area contributed by atoms with Gasteiger partial charge in [-0.1, -0.05) is 42.5 Å². The molecule has 6 heteroatoms. The van der Waals surface area contributed by atoms with Gasteiger partial charge in [-0.2, -0.15) is 0 Å². The van der Waals surface area contributed by atoms with Gasteiger partial charge in [0.1, 0.15) is 17.1 Å². The number of carbonyl (C=O) groups is 1. The Labute approximate surface area is 171 Å². The zero-order chi connectivity index (χ0) is 20.7. The van der Waals surface area contributed by atoms with E-state index < -0.39 is 17.6 Å². The summed E-state index contributed by atoms with van der Waals surface area (Å²) in [6, 6.07) is 22.5. The largest absolute Gasteiger partial charge is 0.508 e. The summed E-state index contributed by atoms with van der Waals surface area (Å²) in [4.78, 5) is 26.0. The van der Waals surface area contributed by atoms with Crippen molar-refractivity contribution in [3.63, 3.8) is 0 Å². The Morgan fingerprint density at radius 2 is 1.60 bits per heavy atom. The smallest absolute Gasteiger partial charge is 0.344 e. The Balaban J connectivity index is 1.65. The summed E-state index contributed by atoms with van der Waals surface area (Å²) in [6.45, 7) is 0. The normalized spacial score (nSPS) is 17.3. The molecule has 0 unspecified atom stereocenters. The Morgan fingerprint density at radius 3 is 2.37 bits per heavy atom. The molecule has 0 saturated carbocycles. The predicted molar refractivity (Wildman–Crippen MR) is 112 cm³/mol. The van der Waals surface area contributed by atoms with Crippen molar-refractivity contribution in [2.45, 2.75) is 12.0 Å². The van der Waals surface area contributed by atoms with E-state index in [1.165, 1.54) is 12.1 Å². The molecule has 0 bridgehead atoms. The number of aromatic hydroxyl groups is 1. The summed E-state index contributed by atoms with van der Waals surface area (Å²) >= 11 is 0. The second-order valence-corrected chi connectivity index (χ2v) is 7.09. The van der Waals surface area contributed by atoms with Gasteiger partial charge in [0, 0.05) is 5.69 Å². The van der Waals surface area contributed by atoms with Crippen LogP contribution in [-0.4, -0.2) is 17.1 Å². The maximum Gasteiger partial charge on any atom is 0.344 e. The van der Waals surface area contributed by atoms with E-state index in [1.807, 2.05) is 24.3 Å². The van der Waals surface area contributed by atoms with Crippen LogP contribution < -0.4 is 15.7 Å². The molecule has 0 saturated heterocycles. The van der Waals surface area contributed by atoms with Crippen molar-refractivity contribution < 1.29 is 19.1 Å². The van der Waals surface area contributed by atoms with Gasteiger partial charge in [0.05, 0.1) is 16.9 Å². The van der Waals surface area contributed by atoms with E-state index in [2.05, 4.69) is 5.32 Å². The standard InChI is InChI=1S/C24H17NO5/c26-16-12-10-14(11-13-16)19-20-21(17-8-4-5-9-18(17)29-24(20)28)30-22(19)23(27)25-15-6-2-1-3-7-15/h1-13,19,22,26H,(H,25,27)/t19-,22-/m0/s1. The van der Waals surface area contributed by atoms with E-state index in [1.54, 1.807) is 42.5 Å². The number of para-hydroxylation sites is 2. The van der Waals surface area contributed by atoms with E-state index in [4.69, 9.17) is 9.15 Å². The first-order valence-electron chi connectivity index (χ1n) is 9.49. The quantitative estimate of drug-likeness (QED) is 0.508. The van der Waals surface area contributed by atoms with Gasteiger partial charge in [-0.05, 0) is 42.0 Å². The minimum absolute atomic E-state index is 0.0914. The Kier molecular flexibility index (Phi) is 4.25. The van der Waals surface area contributed by atoms with E-state index >= 15 is 0 Å². The molecule has 1 aliphatic rings. The number of fused-ring (bicyclic) bond motifs is 3. The predicted octanol–water partition coefficient (Wildman–Crippen LogP) is 4.03. The molecule has 5 rings (SSSR count). The van der Waals surface area contributed by atoms with Crippen LogP contribution in [0.15, 0.2) is 88.1 Å². The van der Waals surface area contributed by atoms with Gasteiger partial charge in [0.2, 0.25) is 0 Å². The monoisotopic (exact) mass is 399 g/mol. The zero-order valence-corrected chi connectivity index (χ0v) is 15.7. The molecule has 2 N–H and O–H groups in total. The van der Waals surface area contributed by atoms with Gasteiger partial charge in [0.15, 0.2) is 6.10 Å². The number of rotatable bonds is 3. The fraction of sp³-hybridized carbons (Fsp3) is 0.0833. The number of ether oxygens (including phenoxy) is 1. The van der Waals surface area contributed by atoms with Crippen LogP contribution in [0.1, 0.15) is 17.0 Å². The lowest BCUT2D eigenvalue weighted by Gasteiger charge is -2.18. The molecule has 1 amide bonds. The average Bonchev–Trinajstić information content (AvgIpc) is 3.17. The molecule has 6 nitrogen and oxygen atoms in total. The van der Waals surface area contributed by atoms with Crippen LogP contribution in [0, 0.1) is 0 Å². The SMILES string of the molecule is O=C(Nc1ccccc1)[C@H]1Oc2c(c(=O)oc3ccccc23)[C@@H]1c1ccc(O)cc1. The van der Waals surface area contributed by atoms with Gasteiger partial charge >= 0.3 is 5.63 Å². The fourth-order valence-electron chi connectivity index (χ4n) is 3.84. The van der Waals surface area contributed by atoms with Crippen LogP contribution in [-0.2, 0) is 4.79 Å². The van der Waals surface area contributed by atoms with Gasteiger partial charge in [-0.3, -0.25) is 4.79 Å². The molecule has 4 aromatic rings. The highest BCUT2D eigenvalue weighted by Crippen LogP contribution is 2.44. The van der Waals surface area contributed by atoms with Crippen molar-refractivity contribution in [3.05, 3.63) is 100 Å². The lowest BCUT2D eigenvalue weighted by molar-refractivity contribution is -0.122. The number of phenolic OH excluding ortho intramolecular Hbond substituents is 1. The molecular formula is C24H17NO5. The molecule has 148 valence electrons. The molecule has 2 atom stereocenters. The summed E-state index contributed by atoms with van der Waals surface area (Å²) < 4.78 is 11.6. The molecule has 0 spiro atoms. The first-order valence-corrected chi connectivity index (χ1v) is 9.49. The summed E-state index contributed by atoms with van der Waals surface area (Å²) in [7, 11) is 0. The first-order chi connectivity index (χ1) is 14.6. The fourth-order valence-corrected chi connectivity index (χ4v) is 3.84. The number of amides is 1. The van der Waals surface area contributed by atoms with Crippen molar-refractivity contribution in [1.82, 2.24) is 0 Å². The van der Waals surface area contributed by atoms with Gasteiger partial charge in [0.25, 0.3) is 5.91 Å². The molecule has 0 aliphatic carbocycles. The Morgan fingerprint density at radius 1 is 0.900 bits per heavy atom. The van der Waals surface area contributed by atoms with Crippen molar-refractivity contribution in [3.8, 4) is 11.5 Å². The zero-order valence-electron chi connectivity index (χ0n) is 15.7. The molecule has 1 aromatic heterocycles. The van der Waals surface area contributed by atoms with Crippen molar-refractivity contribution in [2.75, 3.05) is 5.32 Å². The highest BCUT2D eigenvalue weighted by atomic mass is 16.5. The van der Waals surface area contributed by atoms with Crippen LogP contribution in [0.4, 0.5) is 5.69 Å². The van der Waals surface area contributed by atoms with Gasteiger partial charge < -0.3 is 19.6 Å². The second kappa shape index (κ2) is 7.08. The molecule has 2 heterocycles. The van der Waals surface area contributed by atoms with Gasteiger partial charge in [-0.15, -0.1) is 0 Å². The van der Waals surface area contributed by atoms with E-state index in [0.717, 1.165) is 0 Å². The molecule has 1 aliphatic heterocycles. The van der Waals surface area contributed by atoms with Crippen molar-refractivity contribution >= 4 is 22.6 Å². The third-order valence-corrected chi connectivity index (χ3v) is 5.21. The van der Waals surface area contributed by atoms with Crippen LogP contribution in [0.3, 0.4) is 0 Å². The van der Waals surface area contributed by atoms with Crippen molar-refractivity contribution in [1.29, 1.82) is 0 Å². The van der Waals surface area contributed by atoms with Gasteiger partial charge in [-0.25, -0.2) is 4.79 Å².